The molecule has 3 nitrogen and oxygen atoms in total. The van der Waals surface area contributed by atoms with E-state index in [1.54, 1.807) is 0 Å². The van der Waals surface area contributed by atoms with Crippen LogP contribution >= 0.6 is 0 Å². The number of hydrogen-bond acceptors (Lipinski definition) is 2. The summed E-state index contributed by atoms with van der Waals surface area (Å²) in [4.78, 5) is 0. The minimum Gasteiger partial charge on any atom is -0.215 e. The first-order valence-corrected chi connectivity index (χ1v) is 5.48. The van der Waals surface area contributed by atoms with E-state index in [0.29, 0.717) is 12.5 Å². The maximum absolute atomic E-state index is 11.3. The minimum atomic E-state index is -2.95. The molecule has 11 heavy (non-hydrogen) atoms. The van der Waals surface area contributed by atoms with Crippen LogP contribution in [0.15, 0.2) is 0 Å². The highest BCUT2D eigenvalue weighted by Crippen LogP contribution is 2.51. The Balaban J connectivity index is 2.38. The summed E-state index contributed by atoms with van der Waals surface area (Å²) in [6.07, 6.45) is 0.863. The third kappa shape index (κ3) is 0.796. The molecule has 1 saturated carbocycles. The fraction of sp³-hybridized carbons (Fsp3) is 1.00. The van der Waals surface area contributed by atoms with E-state index in [-0.39, 0.29) is 10.7 Å². The van der Waals surface area contributed by atoms with Crippen molar-refractivity contribution in [1.29, 1.82) is 0 Å². The van der Waals surface area contributed by atoms with E-state index in [2.05, 4.69) is 4.72 Å². The molecule has 0 amide bonds. The van der Waals surface area contributed by atoms with Gasteiger partial charge in [0, 0.05) is 6.54 Å². The van der Waals surface area contributed by atoms with Crippen LogP contribution in [0.2, 0.25) is 0 Å². The molecule has 3 rings (SSSR count). The van der Waals surface area contributed by atoms with Gasteiger partial charge in [-0.25, -0.2) is 13.1 Å². The molecule has 3 aliphatic rings. The lowest BCUT2D eigenvalue weighted by molar-refractivity contribution is 0.0679. The second kappa shape index (κ2) is 1.80. The largest absolute Gasteiger partial charge is 0.215 e. The lowest BCUT2D eigenvalue weighted by Crippen LogP contribution is -2.64. The third-order valence-electron chi connectivity index (χ3n) is 3.29. The highest BCUT2D eigenvalue weighted by molar-refractivity contribution is 7.90. The summed E-state index contributed by atoms with van der Waals surface area (Å²) in [5.74, 6) is 0.566. The quantitative estimate of drug-likeness (QED) is 0.577. The normalized spacial score (nSPS) is 44.5. The monoisotopic (exact) mass is 175 g/mol. The van der Waals surface area contributed by atoms with Crippen LogP contribution in [0.25, 0.3) is 0 Å². The summed E-state index contributed by atoms with van der Waals surface area (Å²) < 4.78 is 25.2. The highest BCUT2D eigenvalue weighted by Gasteiger charge is 2.57. The van der Waals surface area contributed by atoms with Crippen LogP contribution in [0.5, 0.6) is 0 Å². The first-order valence-electron chi connectivity index (χ1n) is 3.93. The van der Waals surface area contributed by atoms with Crippen LogP contribution in [-0.4, -0.2) is 20.2 Å². The summed E-state index contributed by atoms with van der Waals surface area (Å²) in [5, 5.41) is -0.131. The van der Waals surface area contributed by atoms with Crippen molar-refractivity contribution in [2.45, 2.75) is 25.5 Å². The first kappa shape index (κ1) is 7.55. The fourth-order valence-corrected chi connectivity index (χ4v) is 4.27. The summed E-state index contributed by atoms with van der Waals surface area (Å²) in [7, 11) is -2.95. The van der Waals surface area contributed by atoms with Gasteiger partial charge >= 0.3 is 0 Å². The highest BCUT2D eigenvalue weighted by atomic mass is 32.2. The number of hydrogen-bond donors (Lipinski definition) is 1. The van der Waals surface area contributed by atoms with Gasteiger partial charge in [0.05, 0.1) is 5.25 Å². The zero-order valence-corrected chi connectivity index (χ0v) is 7.61. The van der Waals surface area contributed by atoms with Gasteiger partial charge < -0.3 is 0 Å². The fourth-order valence-electron chi connectivity index (χ4n) is 2.16. The number of sulfonamides is 1. The molecule has 2 bridgehead atoms. The molecule has 64 valence electrons. The van der Waals surface area contributed by atoms with Gasteiger partial charge in [0.1, 0.15) is 0 Å². The maximum atomic E-state index is 11.3. The number of fused-ring (bicyclic) bond motifs is 2. The summed E-state index contributed by atoms with van der Waals surface area (Å²) in [5.41, 5.74) is 0.0179. The molecule has 3 fully saturated rings. The van der Waals surface area contributed by atoms with E-state index >= 15 is 0 Å². The topological polar surface area (TPSA) is 46.2 Å². The van der Waals surface area contributed by atoms with Crippen molar-refractivity contribution in [1.82, 2.24) is 4.72 Å². The smallest absolute Gasteiger partial charge is 0.215 e. The van der Waals surface area contributed by atoms with Gasteiger partial charge in [0.2, 0.25) is 10.0 Å². The zero-order valence-electron chi connectivity index (χ0n) is 6.79. The van der Waals surface area contributed by atoms with Crippen LogP contribution in [-0.2, 0) is 10.0 Å². The van der Waals surface area contributed by atoms with Gasteiger partial charge in [-0.05, 0) is 17.8 Å². The molecule has 1 aliphatic carbocycles. The van der Waals surface area contributed by atoms with Crippen molar-refractivity contribution in [3.05, 3.63) is 0 Å². The van der Waals surface area contributed by atoms with Gasteiger partial charge in [-0.1, -0.05) is 13.8 Å². The van der Waals surface area contributed by atoms with Gasteiger partial charge in [0.15, 0.2) is 0 Å². The Morgan fingerprint density at radius 2 is 2.09 bits per heavy atom. The van der Waals surface area contributed by atoms with Crippen molar-refractivity contribution in [2.24, 2.45) is 11.3 Å². The molecule has 2 aliphatic heterocycles. The maximum Gasteiger partial charge on any atom is 0.215 e. The van der Waals surface area contributed by atoms with Crippen molar-refractivity contribution in [3.63, 3.8) is 0 Å². The summed E-state index contributed by atoms with van der Waals surface area (Å²) in [6.45, 7) is 4.74. The van der Waals surface area contributed by atoms with Gasteiger partial charge in [0.25, 0.3) is 0 Å². The van der Waals surface area contributed by atoms with E-state index in [9.17, 15) is 8.42 Å². The van der Waals surface area contributed by atoms with E-state index in [0.717, 1.165) is 6.42 Å². The van der Waals surface area contributed by atoms with Crippen LogP contribution in [0.1, 0.15) is 20.3 Å². The molecule has 2 saturated heterocycles. The molecule has 0 aromatic carbocycles. The molecule has 0 aromatic rings. The van der Waals surface area contributed by atoms with Crippen LogP contribution in [0, 0.1) is 11.3 Å². The van der Waals surface area contributed by atoms with Crippen LogP contribution < -0.4 is 4.72 Å². The molecule has 0 radical (unpaired) electrons. The lowest BCUT2D eigenvalue weighted by Gasteiger charge is -2.55. The van der Waals surface area contributed by atoms with Crippen molar-refractivity contribution in [3.8, 4) is 0 Å². The predicted molar refractivity (Wildman–Crippen MR) is 42.6 cm³/mol. The van der Waals surface area contributed by atoms with E-state index < -0.39 is 10.0 Å². The number of nitrogens with one attached hydrogen (secondary N) is 1. The standard InChI is InChI=1S/C7H13NO2S/c1-7(2)5-3-6(7)11(9,10)8-4-5/h5-6,8H,3-4H2,1-2H3. The van der Waals surface area contributed by atoms with E-state index in [1.807, 2.05) is 13.8 Å². The molecule has 0 aromatic heterocycles. The Morgan fingerprint density at radius 1 is 1.45 bits per heavy atom. The SMILES string of the molecule is CC1(C)C2CNS(=O)(=O)C1C2. The Morgan fingerprint density at radius 3 is 2.36 bits per heavy atom. The van der Waals surface area contributed by atoms with Gasteiger partial charge in [-0.15, -0.1) is 0 Å². The molecular weight excluding hydrogens is 162 g/mol. The first-order chi connectivity index (χ1) is 4.94. The Labute approximate surface area is 67.2 Å². The summed E-state index contributed by atoms with van der Waals surface area (Å²) in [6, 6.07) is 0. The van der Waals surface area contributed by atoms with Crippen molar-refractivity contribution < 1.29 is 8.42 Å². The lowest BCUT2D eigenvalue weighted by atomic mass is 9.62. The third-order valence-corrected chi connectivity index (χ3v) is 5.40. The molecule has 1 N–H and O–H groups in total. The molecule has 2 atom stereocenters. The zero-order chi connectivity index (χ0) is 8.28. The second-order valence-electron chi connectivity index (χ2n) is 4.14. The molecule has 2 heterocycles. The second-order valence-corrected chi connectivity index (χ2v) is 6.08. The van der Waals surface area contributed by atoms with Crippen LogP contribution in [0.4, 0.5) is 0 Å². The minimum absolute atomic E-state index is 0.0179. The number of rotatable bonds is 0. The van der Waals surface area contributed by atoms with Gasteiger partial charge in [-0.2, -0.15) is 0 Å². The van der Waals surface area contributed by atoms with Gasteiger partial charge in [-0.3, -0.25) is 0 Å². The van der Waals surface area contributed by atoms with Crippen molar-refractivity contribution in [2.75, 3.05) is 6.54 Å². The Hall–Kier alpha value is -0.0900. The molecule has 0 spiro atoms. The molecule has 4 heteroatoms. The molecular formula is C7H13NO2S. The van der Waals surface area contributed by atoms with E-state index in [4.69, 9.17) is 0 Å². The average Bonchev–Trinajstić information content (AvgIpc) is 1.84. The van der Waals surface area contributed by atoms with E-state index in [1.165, 1.54) is 0 Å². The predicted octanol–water partition coefficient (Wildman–Crippen LogP) is 0.334. The molecule has 2 unspecified atom stereocenters. The summed E-state index contributed by atoms with van der Waals surface area (Å²) >= 11 is 0. The van der Waals surface area contributed by atoms with Crippen molar-refractivity contribution >= 4 is 10.0 Å². The average molecular weight is 175 g/mol. The Kier molecular flexibility index (Phi) is 1.24. The Bertz CT molecular complexity index is 279. The van der Waals surface area contributed by atoms with Crippen LogP contribution in [0.3, 0.4) is 0 Å².